The van der Waals surface area contributed by atoms with Gasteiger partial charge in [0.05, 0.1) is 16.3 Å². The summed E-state index contributed by atoms with van der Waals surface area (Å²) in [6, 6.07) is 15.2. The zero-order valence-corrected chi connectivity index (χ0v) is 13.2. The summed E-state index contributed by atoms with van der Waals surface area (Å²) < 4.78 is 2.33. The van der Waals surface area contributed by atoms with E-state index in [4.69, 9.17) is 4.98 Å². The summed E-state index contributed by atoms with van der Waals surface area (Å²) in [5, 5.41) is 4.76. The Labute approximate surface area is 130 Å². The van der Waals surface area contributed by atoms with Crippen molar-refractivity contribution in [3.63, 3.8) is 0 Å². The van der Waals surface area contributed by atoms with E-state index in [1.807, 2.05) is 0 Å². The van der Waals surface area contributed by atoms with Crippen LogP contribution in [-0.2, 0) is 6.42 Å². The maximum atomic E-state index is 4.82. The monoisotopic (exact) mass is 344 g/mol. The van der Waals surface area contributed by atoms with Gasteiger partial charge in [-0.1, -0.05) is 40.2 Å². The van der Waals surface area contributed by atoms with Crippen LogP contribution in [0.1, 0.15) is 22.2 Å². The van der Waals surface area contributed by atoms with Crippen molar-refractivity contribution in [3.05, 3.63) is 63.1 Å². The largest absolute Gasteiger partial charge is 0.304 e. The average molecular weight is 345 g/mol. The highest BCUT2D eigenvalue weighted by Crippen LogP contribution is 2.34. The van der Waals surface area contributed by atoms with Crippen LogP contribution in [0.25, 0.3) is 10.2 Å². The van der Waals surface area contributed by atoms with Crippen LogP contribution >= 0.6 is 27.3 Å². The van der Waals surface area contributed by atoms with Crippen LogP contribution in [0.4, 0.5) is 0 Å². The van der Waals surface area contributed by atoms with E-state index in [-0.39, 0.29) is 6.04 Å². The van der Waals surface area contributed by atoms with E-state index in [2.05, 4.69) is 63.7 Å². The van der Waals surface area contributed by atoms with Gasteiger partial charge in [0.15, 0.2) is 0 Å². The van der Waals surface area contributed by atoms with Crippen molar-refractivity contribution in [2.24, 2.45) is 0 Å². The Hall–Kier alpha value is -1.23. The molecule has 0 saturated carbocycles. The zero-order valence-electron chi connectivity index (χ0n) is 10.8. The van der Waals surface area contributed by atoms with Gasteiger partial charge in [-0.25, -0.2) is 4.98 Å². The Balaban J connectivity index is 1.84. The van der Waals surface area contributed by atoms with E-state index >= 15 is 0 Å². The number of rotatable bonds is 1. The Kier molecular flexibility index (Phi) is 3.10. The first-order valence-electron chi connectivity index (χ1n) is 6.68. The number of benzene rings is 2. The standard InChI is InChI=1S/C16H13BrN2S/c17-11-5-6-14-13(9-11)19-16(20-14)15-12-4-2-1-3-10(12)7-8-18-15/h1-6,9,15,18H,7-8H2. The van der Waals surface area contributed by atoms with Crippen molar-refractivity contribution in [1.29, 1.82) is 0 Å². The number of hydrogen-bond acceptors (Lipinski definition) is 3. The molecule has 2 aromatic carbocycles. The van der Waals surface area contributed by atoms with Crippen molar-refractivity contribution >= 4 is 37.5 Å². The lowest BCUT2D eigenvalue weighted by atomic mass is 9.95. The molecule has 1 N–H and O–H groups in total. The number of nitrogens with one attached hydrogen (secondary N) is 1. The fourth-order valence-electron chi connectivity index (χ4n) is 2.77. The van der Waals surface area contributed by atoms with E-state index in [9.17, 15) is 0 Å². The summed E-state index contributed by atoms with van der Waals surface area (Å²) in [4.78, 5) is 4.82. The van der Waals surface area contributed by atoms with Gasteiger partial charge < -0.3 is 5.32 Å². The fraction of sp³-hybridized carbons (Fsp3) is 0.188. The molecule has 100 valence electrons. The van der Waals surface area contributed by atoms with Gasteiger partial charge in [0.2, 0.25) is 0 Å². The average Bonchev–Trinajstić information content (AvgIpc) is 2.89. The molecule has 2 nitrogen and oxygen atoms in total. The number of fused-ring (bicyclic) bond motifs is 2. The van der Waals surface area contributed by atoms with Gasteiger partial charge in [-0.3, -0.25) is 0 Å². The van der Waals surface area contributed by atoms with Crippen molar-refractivity contribution in [2.75, 3.05) is 6.54 Å². The van der Waals surface area contributed by atoms with Gasteiger partial charge >= 0.3 is 0 Å². The minimum Gasteiger partial charge on any atom is -0.304 e. The highest BCUT2D eigenvalue weighted by molar-refractivity contribution is 9.10. The minimum absolute atomic E-state index is 0.233. The highest BCUT2D eigenvalue weighted by atomic mass is 79.9. The normalized spacial score (nSPS) is 18.1. The van der Waals surface area contributed by atoms with E-state index in [1.54, 1.807) is 11.3 Å². The molecule has 1 atom stereocenters. The van der Waals surface area contributed by atoms with Crippen LogP contribution in [0.15, 0.2) is 46.9 Å². The molecule has 20 heavy (non-hydrogen) atoms. The summed E-state index contributed by atoms with van der Waals surface area (Å²) in [7, 11) is 0. The molecule has 0 fully saturated rings. The predicted molar refractivity (Wildman–Crippen MR) is 87.3 cm³/mol. The summed E-state index contributed by atoms with van der Waals surface area (Å²) in [6.07, 6.45) is 1.10. The lowest BCUT2D eigenvalue weighted by molar-refractivity contribution is 0.566. The first kappa shape index (κ1) is 12.5. The molecule has 0 radical (unpaired) electrons. The third-order valence-corrected chi connectivity index (χ3v) is 5.32. The summed E-state index contributed by atoms with van der Waals surface area (Å²) >= 11 is 5.29. The second-order valence-corrected chi connectivity index (χ2v) is 6.98. The Morgan fingerprint density at radius 3 is 3.05 bits per heavy atom. The van der Waals surface area contributed by atoms with Gasteiger partial charge in [0.25, 0.3) is 0 Å². The number of halogens is 1. The number of aromatic nitrogens is 1. The van der Waals surface area contributed by atoms with Gasteiger partial charge in [-0.05, 0) is 35.7 Å². The van der Waals surface area contributed by atoms with Crippen molar-refractivity contribution in [3.8, 4) is 0 Å². The molecule has 4 heteroatoms. The first-order chi connectivity index (χ1) is 9.81. The maximum absolute atomic E-state index is 4.82. The van der Waals surface area contributed by atoms with Crippen LogP contribution in [0.3, 0.4) is 0 Å². The molecule has 1 aromatic heterocycles. The molecule has 3 aromatic rings. The third kappa shape index (κ3) is 2.08. The quantitative estimate of drug-likeness (QED) is 0.712. The van der Waals surface area contributed by atoms with E-state index < -0.39 is 0 Å². The molecule has 1 aliphatic rings. The molecule has 0 amide bonds. The van der Waals surface area contributed by atoms with Gasteiger partial charge in [-0.15, -0.1) is 11.3 Å². The van der Waals surface area contributed by atoms with E-state index in [0.717, 1.165) is 28.0 Å². The molecule has 1 aliphatic heterocycles. The molecule has 0 aliphatic carbocycles. The van der Waals surface area contributed by atoms with E-state index in [0.29, 0.717) is 0 Å². The van der Waals surface area contributed by atoms with Crippen LogP contribution in [0.5, 0.6) is 0 Å². The maximum Gasteiger partial charge on any atom is 0.115 e. The summed E-state index contributed by atoms with van der Waals surface area (Å²) in [6.45, 7) is 1.02. The zero-order chi connectivity index (χ0) is 13.5. The molecule has 2 heterocycles. The molecular formula is C16H13BrN2S. The molecule has 0 saturated heterocycles. The second-order valence-electron chi connectivity index (χ2n) is 5.00. The SMILES string of the molecule is Brc1ccc2sc(C3NCCc4ccccc43)nc2c1. The van der Waals surface area contributed by atoms with Crippen molar-refractivity contribution in [1.82, 2.24) is 10.3 Å². The first-order valence-corrected chi connectivity index (χ1v) is 8.29. The molecule has 1 unspecified atom stereocenters. The van der Waals surface area contributed by atoms with Gasteiger partial charge in [0.1, 0.15) is 5.01 Å². The Morgan fingerprint density at radius 2 is 2.10 bits per heavy atom. The summed E-state index contributed by atoms with van der Waals surface area (Å²) in [5.41, 5.74) is 3.89. The predicted octanol–water partition coefficient (Wildman–Crippen LogP) is 4.29. The summed E-state index contributed by atoms with van der Waals surface area (Å²) in [5.74, 6) is 0. The topological polar surface area (TPSA) is 24.9 Å². The van der Waals surface area contributed by atoms with Crippen molar-refractivity contribution < 1.29 is 0 Å². The number of hydrogen-bond donors (Lipinski definition) is 1. The van der Waals surface area contributed by atoms with Crippen LogP contribution < -0.4 is 5.32 Å². The smallest absolute Gasteiger partial charge is 0.115 e. The van der Waals surface area contributed by atoms with Gasteiger partial charge in [-0.2, -0.15) is 0 Å². The number of thiazole rings is 1. The second kappa shape index (κ2) is 4.95. The molecule has 4 rings (SSSR count). The van der Waals surface area contributed by atoms with Crippen LogP contribution in [-0.4, -0.2) is 11.5 Å². The van der Waals surface area contributed by atoms with Gasteiger partial charge in [0, 0.05) is 11.0 Å². The Morgan fingerprint density at radius 1 is 1.20 bits per heavy atom. The van der Waals surface area contributed by atoms with Crippen LogP contribution in [0.2, 0.25) is 0 Å². The minimum atomic E-state index is 0.233. The van der Waals surface area contributed by atoms with Crippen molar-refractivity contribution in [2.45, 2.75) is 12.5 Å². The highest BCUT2D eigenvalue weighted by Gasteiger charge is 2.23. The lowest BCUT2D eigenvalue weighted by Gasteiger charge is -2.25. The molecule has 0 bridgehead atoms. The van der Waals surface area contributed by atoms with Crippen LogP contribution in [0, 0.1) is 0 Å². The fourth-order valence-corrected chi connectivity index (χ4v) is 4.16. The third-order valence-electron chi connectivity index (χ3n) is 3.72. The number of nitrogens with zero attached hydrogens (tertiary/aromatic N) is 1. The molecule has 0 spiro atoms. The Bertz CT molecular complexity index is 781. The molecular weight excluding hydrogens is 332 g/mol. The van der Waals surface area contributed by atoms with E-state index in [1.165, 1.54) is 15.8 Å². The lowest BCUT2D eigenvalue weighted by Crippen LogP contribution is -2.30.